The van der Waals surface area contributed by atoms with E-state index in [0.29, 0.717) is 43.6 Å². The van der Waals surface area contributed by atoms with Crippen molar-refractivity contribution < 1.29 is 19.0 Å². The first kappa shape index (κ1) is 25.6. The molecular formula is C26H19BrClN3O4. The lowest BCUT2D eigenvalue weighted by atomic mass is 10.1. The summed E-state index contributed by atoms with van der Waals surface area (Å²) in [6.07, 6.45) is 1.42. The maximum absolute atomic E-state index is 12.8. The fraction of sp³-hybridized carbons (Fsp3) is 0.115. The van der Waals surface area contributed by atoms with Crippen LogP contribution in [0.1, 0.15) is 16.7 Å². The molecule has 0 aromatic heterocycles. The van der Waals surface area contributed by atoms with Crippen molar-refractivity contribution in [2.75, 3.05) is 19.5 Å². The van der Waals surface area contributed by atoms with Crippen LogP contribution in [0.5, 0.6) is 17.2 Å². The number of nitriles is 2. The van der Waals surface area contributed by atoms with Crippen molar-refractivity contribution in [3.8, 4) is 29.4 Å². The highest BCUT2D eigenvalue weighted by atomic mass is 79.9. The van der Waals surface area contributed by atoms with E-state index in [2.05, 4.69) is 27.3 Å². The molecule has 3 aromatic carbocycles. The Bertz CT molecular complexity index is 1380. The molecule has 176 valence electrons. The Balaban J connectivity index is 1.86. The number of hydrogen-bond donors (Lipinski definition) is 1. The number of ether oxygens (including phenoxy) is 3. The first-order valence-electron chi connectivity index (χ1n) is 10.1. The van der Waals surface area contributed by atoms with Crippen LogP contribution in [0.4, 0.5) is 5.69 Å². The van der Waals surface area contributed by atoms with Crippen molar-refractivity contribution >= 4 is 45.2 Å². The number of benzene rings is 3. The Morgan fingerprint density at radius 3 is 2.49 bits per heavy atom. The first-order chi connectivity index (χ1) is 16.9. The molecule has 7 nitrogen and oxygen atoms in total. The summed E-state index contributed by atoms with van der Waals surface area (Å²) in [5.74, 6) is 0.591. The van der Waals surface area contributed by atoms with Crippen molar-refractivity contribution in [2.24, 2.45) is 0 Å². The number of rotatable bonds is 8. The number of hydrogen-bond acceptors (Lipinski definition) is 6. The molecule has 35 heavy (non-hydrogen) atoms. The molecule has 0 fully saturated rings. The summed E-state index contributed by atoms with van der Waals surface area (Å²) in [5.41, 5.74) is 1.97. The van der Waals surface area contributed by atoms with E-state index >= 15 is 0 Å². The van der Waals surface area contributed by atoms with Gasteiger partial charge in [0.1, 0.15) is 24.0 Å². The Morgan fingerprint density at radius 2 is 1.80 bits per heavy atom. The number of carbonyl (C=O) groups is 1. The highest BCUT2D eigenvalue weighted by Crippen LogP contribution is 2.35. The predicted octanol–water partition coefficient (Wildman–Crippen LogP) is 6.12. The quantitative estimate of drug-likeness (QED) is 0.267. The van der Waals surface area contributed by atoms with E-state index in [4.69, 9.17) is 25.8 Å². The van der Waals surface area contributed by atoms with Gasteiger partial charge >= 0.3 is 0 Å². The summed E-state index contributed by atoms with van der Waals surface area (Å²) in [6, 6.07) is 19.3. The molecule has 9 heteroatoms. The van der Waals surface area contributed by atoms with Crippen molar-refractivity contribution in [3.63, 3.8) is 0 Å². The van der Waals surface area contributed by atoms with Crippen molar-refractivity contribution in [3.05, 3.63) is 86.4 Å². The molecule has 0 unspecified atom stereocenters. The Morgan fingerprint density at radius 1 is 1.06 bits per heavy atom. The summed E-state index contributed by atoms with van der Waals surface area (Å²) in [7, 11) is 2.95. The van der Waals surface area contributed by atoms with Crippen molar-refractivity contribution in [1.82, 2.24) is 0 Å². The standard InChI is InChI=1S/C26H19BrClN3O4/c1-33-23-8-7-20(28)11-22(23)31-26(32)19(14-30)9-18-10-24(34-2)25(12-21(18)27)35-15-17-6-4-3-5-16(17)13-29/h3-12H,15H2,1-2H3,(H,31,32)/b19-9+. The van der Waals surface area contributed by atoms with Crippen LogP contribution < -0.4 is 19.5 Å². The lowest BCUT2D eigenvalue weighted by Gasteiger charge is -2.14. The highest BCUT2D eigenvalue weighted by Gasteiger charge is 2.16. The van der Waals surface area contributed by atoms with Gasteiger partial charge in [-0.2, -0.15) is 10.5 Å². The van der Waals surface area contributed by atoms with E-state index in [0.717, 1.165) is 5.56 Å². The first-order valence-corrected chi connectivity index (χ1v) is 11.3. The van der Waals surface area contributed by atoms with Crippen LogP contribution in [-0.4, -0.2) is 20.1 Å². The van der Waals surface area contributed by atoms with Gasteiger partial charge in [-0.05, 0) is 48.0 Å². The van der Waals surface area contributed by atoms with Gasteiger partial charge in [-0.25, -0.2) is 0 Å². The molecular weight excluding hydrogens is 534 g/mol. The van der Waals surface area contributed by atoms with Crippen LogP contribution in [0.3, 0.4) is 0 Å². The predicted molar refractivity (Wildman–Crippen MR) is 136 cm³/mol. The maximum Gasteiger partial charge on any atom is 0.266 e. The number of amides is 1. The number of methoxy groups -OCH3 is 2. The summed E-state index contributed by atoms with van der Waals surface area (Å²) < 4.78 is 17.1. The fourth-order valence-corrected chi connectivity index (χ4v) is 3.73. The van der Waals surface area contributed by atoms with E-state index < -0.39 is 5.91 Å². The number of halogens is 2. The molecule has 0 atom stereocenters. The van der Waals surface area contributed by atoms with E-state index in [1.165, 1.54) is 26.4 Å². The molecule has 1 N–H and O–H groups in total. The topological polar surface area (TPSA) is 104 Å². The van der Waals surface area contributed by atoms with Gasteiger partial charge in [0.25, 0.3) is 5.91 Å². The van der Waals surface area contributed by atoms with Gasteiger partial charge in [0.15, 0.2) is 11.5 Å². The van der Waals surface area contributed by atoms with Crippen LogP contribution >= 0.6 is 27.5 Å². The SMILES string of the molecule is COc1ccc(Cl)cc1NC(=O)/C(C#N)=C/c1cc(OC)c(OCc2ccccc2C#N)cc1Br. The number of nitrogens with zero attached hydrogens (tertiary/aromatic N) is 2. The van der Waals surface area contributed by atoms with Crippen LogP contribution in [-0.2, 0) is 11.4 Å². The molecule has 3 aromatic rings. The van der Waals surface area contributed by atoms with E-state index in [-0.39, 0.29) is 12.2 Å². The Labute approximate surface area is 216 Å². The normalized spacial score (nSPS) is 10.6. The summed E-state index contributed by atoms with van der Waals surface area (Å²) >= 11 is 9.48. The number of anilines is 1. The zero-order valence-electron chi connectivity index (χ0n) is 18.8. The average Bonchev–Trinajstić information content (AvgIpc) is 2.87. The second-order valence-electron chi connectivity index (χ2n) is 7.05. The van der Waals surface area contributed by atoms with Crippen LogP contribution in [0.2, 0.25) is 5.02 Å². The third kappa shape index (κ3) is 6.33. The second-order valence-corrected chi connectivity index (χ2v) is 8.34. The van der Waals surface area contributed by atoms with Crippen LogP contribution in [0, 0.1) is 22.7 Å². The van der Waals surface area contributed by atoms with E-state index in [1.54, 1.807) is 36.4 Å². The lowest BCUT2D eigenvalue weighted by Crippen LogP contribution is -2.14. The molecule has 0 aliphatic rings. The van der Waals surface area contributed by atoms with Gasteiger partial charge in [0.05, 0.1) is 31.5 Å². The second kappa shape index (κ2) is 11.9. The summed E-state index contributed by atoms with van der Waals surface area (Å²) in [6.45, 7) is 0.162. The van der Waals surface area contributed by atoms with Crippen molar-refractivity contribution in [1.29, 1.82) is 10.5 Å². The molecule has 1 amide bonds. The minimum absolute atomic E-state index is 0.147. The van der Waals surface area contributed by atoms with Crippen LogP contribution in [0.15, 0.2) is 64.6 Å². The van der Waals surface area contributed by atoms with E-state index in [9.17, 15) is 15.3 Å². The Hall–Kier alpha value is -3.98. The smallest absolute Gasteiger partial charge is 0.266 e. The molecule has 0 bridgehead atoms. The number of carbonyl (C=O) groups excluding carboxylic acids is 1. The third-order valence-electron chi connectivity index (χ3n) is 4.88. The monoisotopic (exact) mass is 551 g/mol. The average molecular weight is 553 g/mol. The molecule has 0 saturated carbocycles. The molecule has 0 aliphatic carbocycles. The van der Waals surface area contributed by atoms with Gasteiger partial charge in [0.2, 0.25) is 0 Å². The fourth-order valence-electron chi connectivity index (χ4n) is 3.12. The zero-order valence-corrected chi connectivity index (χ0v) is 21.1. The summed E-state index contributed by atoms with van der Waals surface area (Å²) in [4.78, 5) is 12.8. The summed E-state index contributed by atoms with van der Waals surface area (Å²) in [5, 5.41) is 21.9. The van der Waals surface area contributed by atoms with Gasteiger partial charge in [-0.1, -0.05) is 45.7 Å². The zero-order chi connectivity index (χ0) is 25.4. The molecule has 0 radical (unpaired) electrons. The molecule has 3 rings (SSSR count). The maximum atomic E-state index is 12.8. The molecule has 0 aliphatic heterocycles. The molecule has 0 spiro atoms. The highest BCUT2D eigenvalue weighted by molar-refractivity contribution is 9.10. The largest absolute Gasteiger partial charge is 0.495 e. The minimum atomic E-state index is -0.632. The van der Waals surface area contributed by atoms with Gasteiger partial charge < -0.3 is 19.5 Å². The third-order valence-corrected chi connectivity index (χ3v) is 5.80. The molecule has 0 heterocycles. The lowest BCUT2D eigenvalue weighted by molar-refractivity contribution is -0.112. The van der Waals surface area contributed by atoms with Gasteiger partial charge in [0, 0.05) is 15.1 Å². The van der Waals surface area contributed by atoms with Gasteiger partial charge in [-0.3, -0.25) is 4.79 Å². The Kier molecular flexibility index (Phi) is 8.74. The van der Waals surface area contributed by atoms with E-state index in [1.807, 2.05) is 18.2 Å². The molecule has 0 saturated heterocycles. The van der Waals surface area contributed by atoms with Gasteiger partial charge in [-0.15, -0.1) is 0 Å². The van der Waals surface area contributed by atoms with Crippen molar-refractivity contribution in [2.45, 2.75) is 6.61 Å². The minimum Gasteiger partial charge on any atom is -0.495 e. The van der Waals surface area contributed by atoms with Crippen LogP contribution in [0.25, 0.3) is 6.08 Å². The number of nitrogens with one attached hydrogen (secondary N) is 1.